The quantitative estimate of drug-likeness (QED) is 0.697. The lowest BCUT2D eigenvalue weighted by atomic mass is 10.1. The molecule has 29 heavy (non-hydrogen) atoms. The Kier molecular flexibility index (Phi) is 5.44. The lowest BCUT2D eigenvalue weighted by molar-refractivity contribution is 0.0819. The highest BCUT2D eigenvalue weighted by Gasteiger charge is 2.19. The van der Waals surface area contributed by atoms with Crippen molar-refractivity contribution >= 4 is 17.3 Å². The second-order valence-electron chi connectivity index (χ2n) is 7.24. The maximum absolute atomic E-state index is 13.5. The molecule has 8 heteroatoms. The van der Waals surface area contributed by atoms with Crippen LogP contribution in [0.4, 0.5) is 26.1 Å². The molecule has 2 heterocycles. The molecule has 0 amide bonds. The molecule has 0 saturated carbocycles. The van der Waals surface area contributed by atoms with Crippen LogP contribution >= 0.6 is 0 Å². The normalized spacial score (nSPS) is 15.0. The molecule has 1 aliphatic heterocycles. The van der Waals surface area contributed by atoms with E-state index in [4.69, 9.17) is 4.74 Å². The van der Waals surface area contributed by atoms with Gasteiger partial charge in [-0.25, -0.2) is 13.5 Å². The van der Waals surface area contributed by atoms with Gasteiger partial charge in [-0.3, -0.25) is 0 Å². The summed E-state index contributed by atoms with van der Waals surface area (Å²) in [6, 6.07) is 9.45. The van der Waals surface area contributed by atoms with E-state index in [2.05, 4.69) is 32.4 Å². The molecule has 6 nitrogen and oxygen atoms in total. The first-order valence-corrected chi connectivity index (χ1v) is 9.55. The first kappa shape index (κ1) is 19.3. The molecule has 0 bridgehead atoms. The topological polar surface area (TPSA) is 55.2 Å². The van der Waals surface area contributed by atoms with Crippen LogP contribution in [0.25, 0.3) is 5.69 Å². The minimum absolute atomic E-state index is 0.272. The number of nitrogens with one attached hydrogen (secondary N) is 1. The number of anilines is 3. The first-order valence-electron chi connectivity index (χ1n) is 9.55. The molecule has 0 atom stereocenters. The second-order valence-corrected chi connectivity index (χ2v) is 7.24. The molecule has 3 aromatic rings. The Labute approximate surface area is 168 Å². The van der Waals surface area contributed by atoms with E-state index in [9.17, 15) is 8.78 Å². The van der Waals surface area contributed by atoms with Gasteiger partial charge >= 0.3 is 0 Å². The van der Waals surface area contributed by atoms with Crippen LogP contribution in [0.15, 0.2) is 42.7 Å². The maximum atomic E-state index is 13.5. The van der Waals surface area contributed by atoms with Crippen LogP contribution in [0.5, 0.6) is 0 Å². The van der Waals surface area contributed by atoms with Gasteiger partial charge in [0.05, 0.1) is 11.8 Å². The van der Waals surface area contributed by atoms with Crippen LogP contribution in [-0.4, -0.2) is 41.1 Å². The average molecular weight is 399 g/mol. The Morgan fingerprint density at radius 1 is 1.00 bits per heavy atom. The molecular weight excluding hydrogens is 376 g/mol. The van der Waals surface area contributed by atoms with Crippen LogP contribution < -0.4 is 10.2 Å². The monoisotopic (exact) mass is 399 g/mol. The fraction of sp³-hybridized carbons (Fsp3) is 0.333. The number of aromatic nitrogens is 3. The van der Waals surface area contributed by atoms with Crippen molar-refractivity contribution in [3.8, 4) is 5.69 Å². The first-order chi connectivity index (χ1) is 14.0. The Bertz CT molecular complexity index is 978. The number of halogens is 2. The van der Waals surface area contributed by atoms with E-state index in [1.54, 1.807) is 7.11 Å². The molecule has 0 unspecified atom stereocenters. The maximum Gasteiger partial charge on any atom is 0.246 e. The summed E-state index contributed by atoms with van der Waals surface area (Å²) in [7, 11) is 1.76. The Hall–Kier alpha value is -3.00. The predicted octanol–water partition coefficient (Wildman–Crippen LogP) is 4.21. The molecule has 2 aromatic carbocycles. The lowest BCUT2D eigenvalue weighted by Gasteiger charge is -2.33. The van der Waals surface area contributed by atoms with Gasteiger partial charge < -0.3 is 15.0 Å². The third-order valence-corrected chi connectivity index (χ3v) is 5.06. The number of hydrogen-bond acceptors (Lipinski definition) is 5. The summed E-state index contributed by atoms with van der Waals surface area (Å²) < 4.78 is 33.7. The van der Waals surface area contributed by atoms with Gasteiger partial charge in [-0.05, 0) is 55.7 Å². The molecule has 1 saturated heterocycles. The van der Waals surface area contributed by atoms with Crippen molar-refractivity contribution in [3.63, 3.8) is 0 Å². The summed E-state index contributed by atoms with van der Waals surface area (Å²) in [4.78, 5) is 6.55. The minimum Gasteiger partial charge on any atom is -0.381 e. The number of piperidine rings is 1. The van der Waals surface area contributed by atoms with E-state index in [1.165, 1.54) is 23.1 Å². The van der Waals surface area contributed by atoms with E-state index in [0.29, 0.717) is 12.1 Å². The Morgan fingerprint density at radius 2 is 1.72 bits per heavy atom. The molecular formula is C21H23F2N5O. The van der Waals surface area contributed by atoms with Crippen molar-refractivity contribution in [2.75, 3.05) is 30.4 Å². The van der Waals surface area contributed by atoms with Crippen LogP contribution in [-0.2, 0) is 4.74 Å². The molecule has 152 valence electrons. The van der Waals surface area contributed by atoms with Crippen LogP contribution in [0.1, 0.15) is 18.4 Å². The fourth-order valence-corrected chi connectivity index (χ4v) is 3.61. The zero-order valence-electron chi connectivity index (χ0n) is 16.4. The molecule has 4 rings (SSSR count). The molecule has 0 spiro atoms. The molecule has 1 aliphatic rings. The van der Waals surface area contributed by atoms with Gasteiger partial charge in [0.1, 0.15) is 18.0 Å². The summed E-state index contributed by atoms with van der Waals surface area (Å²) in [6.45, 7) is 3.93. The number of nitrogens with zero attached hydrogens (tertiary/aromatic N) is 4. The van der Waals surface area contributed by atoms with Gasteiger partial charge in [0.15, 0.2) is 0 Å². The van der Waals surface area contributed by atoms with Gasteiger partial charge in [-0.15, -0.1) is 5.10 Å². The highest BCUT2D eigenvalue weighted by Crippen LogP contribution is 2.27. The van der Waals surface area contributed by atoms with Gasteiger partial charge in [0.2, 0.25) is 5.95 Å². The fourth-order valence-electron chi connectivity index (χ4n) is 3.61. The van der Waals surface area contributed by atoms with Gasteiger partial charge in [0.25, 0.3) is 0 Å². The SMILES string of the molecule is COC1CCN(c2cc(C)cc(Nc3ncn(-c4cc(F)cc(F)c4)n3)c2)CC1. The number of methoxy groups -OCH3 is 1. The number of benzene rings is 2. The third kappa shape index (κ3) is 4.54. The summed E-state index contributed by atoms with van der Waals surface area (Å²) in [5.41, 5.74) is 3.38. The summed E-state index contributed by atoms with van der Waals surface area (Å²) in [5, 5.41) is 7.46. The lowest BCUT2D eigenvalue weighted by Crippen LogP contribution is -2.36. The third-order valence-electron chi connectivity index (χ3n) is 5.06. The second kappa shape index (κ2) is 8.16. The summed E-state index contributed by atoms with van der Waals surface area (Å²) in [6.07, 6.45) is 3.75. The van der Waals surface area contributed by atoms with Gasteiger partial charge in [0, 0.05) is 37.6 Å². The number of rotatable bonds is 5. The standard InChI is InChI=1S/C21H23F2N5O/c1-14-7-17(12-18(8-14)27-5-3-20(29-2)4-6-27)25-21-24-13-28(26-21)19-10-15(22)9-16(23)11-19/h7-13,20H,3-6H2,1-2H3,(H,25,26). The molecule has 0 radical (unpaired) electrons. The van der Waals surface area contributed by atoms with Crippen LogP contribution in [0, 0.1) is 18.6 Å². The molecule has 0 aliphatic carbocycles. The summed E-state index contributed by atoms with van der Waals surface area (Å²) in [5.74, 6) is -0.972. The minimum atomic E-state index is -0.662. The van der Waals surface area contributed by atoms with Crippen molar-refractivity contribution in [1.29, 1.82) is 0 Å². The molecule has 1 aromatic heterocycles. The summed E-state index contributed by atoms with van der Waals surface area (Å²) >= 11 is 0. The van der Waals surface area contributed by atoms with E-state index in [-0.39, 0.29) is 5.69 Å². The van der Waals surface area contributed by atoms with Crippen molar-refractivity contribution in [3.05, 3.63) is 59.9 Å². The van der Waals surface area contributed by atoms with Crippen LogP contribution in [0.3, 0.4) is 0 Å². The number of hydrogen-bond donors (Lipinski definition) is 1. The Balaban J connectivity index is 1.51. The van der Waals surface area contributed by atoms with Gasteiger partial charge in [-0.1, -0.05) is 0 Å². The zero-order valence-corrected chi connectivity index (χ0v) is 16.4. The van der Waals surface area contributed by atoms with Crippen molar-refractivity contribution < 1.29 is 13.5 Å². The van der Waals surface area contributed by atoms with Crippen LogP contribution in [0.2, 0.25) is 0 Å². The van der Waals surface area contributed by atoms with E-state index >= 15 is 0 Å². The molecule has 1 N–H and O–H groups in total. The van der Waals surface area contributed by atoms with Gasteiger partial charge in [-0.2, -0.15) is 4.98 Å². The number of ether oxygens (including phenoxy) is 1. The average Bonchev–Trinajstić information content (AvgIpc) is 3.15. The highest BCUT2D eigenvalue weighted by molar-refractivity contribution is 5.64. The smallest absolute Gasteiger partial charge is 0.246 e. The molecule has 1 fully saturated rings. The van der Waals surface area contributed by atoms with E-state index < -0.39 is 11.6 Å². The largest absolute Gasteiger partial charge is 0.381 e. The van der Waals surface area contributed by atoms with Crippen molar-refractivity contribution in [2.24, 2.45) is 0 Å². The van der Waals surface area contributed by atoms with Crippen molar-refractivity contribution in [2.45, 2.75) is 25.9 Å². The Morgan fingerprint density at radius 3 is 2.41 bits per heavy atom. The van der Waals surface area contributed by atoms with E-state index in [0.717, 1.165) is 48.9 Å². The zero-order chi connectivity index (χ0) is 20.4. The van der Waals surface area contributed by atoms with E-state index in [1.807, 2.05) is 13.0 Å². The van der Waals surface area contributed by atoms with Crippen molar-refractivity contribution in [1.82, 2.24) is 14.8 Å². The number of aryl methyl sites for hydroxylation is 1. The predicted molar refractivity (Wildman–Crippen MR) is 108 cm³/mol. The highest BCUT2D eigenvalue weighted by atomic mass is 19.1.